The Morgan fingerprint density at radius 2 is 1.92 bits per heavy atom. The fourth-order valence-electron chi connectivity index (χ4n) is 1.93. The van der Waals surface area contributed by atoms with Gasteiger partial charge in [0.15, 0.2) is 0 Å². The smallest absolute Gasteiger partial charge is 0.240 e. The van der Waals surface area contributed by atoms with Crippen LogP contribution in [0.15, 0.2) is 0 Å². The molecule has 74 valence electrons. The molecule has 0 radical (unpaired) electrons. The molecule has 0 aromatic carbocycles. The van der Waals surface area contributed by atoms with Crippen molar-refractivity contribution in [1.82, 2.24) is 5.32 Å². The molecule has 1 rings (SSSR count). The van der Waals surface area contributed by atoms with E-state index in [1.54, 1.807) is 0 Å². The van der Waals surface area contributed by atoms with E-state index in [-0.39, 0.29) is 11.8 Å². The Hall–Kier alpha value is -1.06. The third kappa shape index (κ3) is 2.72. The van der Waals surface area contributed by atoms with E-state index >= 15 is 0 Å². The Morgan fingerprint density at radius 3 is 2.31 bits per heavy atom. The van der Waals surface area contributed by atoms with Crippen molar-refractivity contribution in [2.45, 2.75) is 38.6 Å². The highest BCUT2D eigenvalue weighted by atomic mass is 16.2. The Bertz CT molecular complexity index is 210. The van der Waals surface area contributed by atoms with Crippen LogP contribution in [0.3, 0.4) is 0 Å². The minimum atomic E-state index is -0.458. The van der Waals surface area contributed by atoms with Gasteiger partial charge in [-0.1, -0.05) is 12.8 Å². The van der Waals surface area contributed by atoms with Crippen LogP contribution in [0.4, 0.5) is 0 Å². The van der Waals surface area contributed by atoms with Gasteiger partial charge in [-0.15, -0.1) is 0 Å². The summed E-state index contributed by atoms with van der Waals surface area (Å²) < 4.78 is 0. The summed E-state index contributed by atoms with van der Waals surface area (Å²) in [7, 11) is 0. The average molecular weight is 184 g/mol. The lowest BCUT2D eigenvalue weighted by molar-refractivity contribution is -0.127. The number of hydrogen-bond donors (Lipinski definition) is 2. The second kappa shape index (κ2) is 4.25. The van der Waals surface area contributed by atoms with E-state index in [2.05, 4.69) is 5.32 Å². The van der Waals surface area contributed by atoms with Gasteiger partial charge in [0.2, 0.25) is 11.8 Å². The second-order valence-electron chi connectivity index (χ2n) is 3.63. The Balaban J connectivity index is 2.55. The van der Waals surface area contributed by atoms with Crippen LogP contribution in [0.1, 0.15) is 32.6 Å². The molecule has 3 N–H and O–H groups in total. The molecule has 0 heterocycles. The molecule has 0 spiro atoms. The number of rotatable bonds is 3. The van der Waals surface area contributed by atoms with E-state index in [0.29, 0.717) is 0 Å². The van der Waals surface area contributed by atoms with Gasteiger partial charge in [0.05, 0.1) is 0 Å². The number of carbonyl (C=O) groups is 2. The molecule has 4 heteroatoms. The number of nitrogens with two attached hydrogens (primary N) is 1. The summed E-state index contributed by atoms with van der Waals surface area (Å²) in [4.78, 5) is 21.8. The van der Waals surface area contributed by atoms with Gasteiger partial charge in [-0.25, -0.2) is 0 Å². The van der Waals surface area contributed by atoms with Crippen molar-refractivity contribution in [3.63, 3.8) is 0 Å². The van der Waals surface area contributed by atoms with Gasteiger partial charge in [-0.3, -0.25) is 9.59 Å². The first kappa shape index (κ1) is 10.0. The maximum atomic E-state index is 11.0. The van der Waals surface area contributed by atoms with Gasteiger partial charge in [0.1, 0.15) is 6.04 Å². The predicted octanol–water partition coefficient (Wildman–Crippen LogP) is 0.167. The first-order valence-electron chi connectivity index (χ1n) is 4.67. The monoisotopic (exact) mass is 184 g/mol. The van der Waals surface area contributed by atoms with Gasteiger partial charge in [-0.05, 0) is 18.8 Å². The Labute approximate surface area is 77.9 Å². The van der Waals surface area contributed by atoms with Crippen molar-refractivity contribution in [3.8, 4) is 0 Å². The minimum Gasteiger partial charge on any atom is -0.368 e. The lowest BCUT2D eigenvalue weighted by Crippen LogP contribution is -2.47. The van der Waals surface area contributed by atoms with Crippen LogP contribution in [0.2, 0.25) is 0 Å². The first-order valence-corrected chi connectivity index (χ1v) is 4.67. The quantitative estimate of drug-likeness (QED) is 0.656. The molecule has 1 aliphatic rings. The van der Waals surface area contributed by atoms with E-state index in [4.69, 9.17) is 5.73 Å². The molecular weight excluding hydrogens is 168 g/mol. The zero-order valence-corrected chi connectivity index (χ0v) is 7.88. The lowest BCUT2D eigenvalue weighted by atomic mass is 9.97. The molecule has 0 bridgehead atoms. The van der Waals surface area contributed by atoms with Crippen molar-refractivity contribution in [2.24, 2.45) is 11.7 Å². The molecule has 1 saturated carbocycles. The number of carbonyl (C=O) groups excluding carboxylic acids is 2. The zero-order chi connectivity index (χ0) is 9.84. The number of nitrogens with one attached hydrogen (secondary N) is 1. The molecule has 2 amide bonds. The maximum absolute atomic E-state index is 11.0. The van der Waals surface area contributed by atoms with E-state index in [0.717, 1.165) is 25.7 Å². The van der Waals surface area contributed by atoms with Gasteiger partial charge in [0, 0.05) is 6.92 Å². The molecule has 0 aromatic heterocycles. The highest BCUT2D eigenvalue weighted by molar-refractivity contribution is 5.85. The third-order valence-electron chi connectivity index (χ3n) is 2.54. The molecule has 4 nitrogen and oxygen atoms in total. The topological polar surface area (TPSA) is 72.2 Å². The first-order chi connectivity index (χ1) is 6.11. The summed E-state index contributed by atoms with van der Waals surface area (Å²) in [6.45, 7) is 1.41. The largest absolute Gasteiger partial charge is 0.368 e. The highest BCUT2D eigenvalue weighted by Crippen LogP contribution is 2.27. The number of amides is 2. The second-order valence-corrected chi connectivity index (χ2v) is 3.63. The van der Waals surface area contributed by atoms with Crippen LogP contribution in [-0.2, 0) is 9.59 Å². The van der Waals surface area contributed by atoms with Gasteiger partial charge in [0.25, 0.3) is 0 Å². The van der Waals surface area contributed by atoms with Crippen LogP contribution < -0.4 is 11.1 Å². The van der Waals surface area contributed by atoms with Crippen LogP contribution in [0.5, 0.6) is 0 Å². The molecule has 0 saturated heterocycles. The highest BCUT2D eigenvalue weighted by Gasteiger charge is 2.29. The molecule has 0 aliphatic heterocycles. The summed E-state index contributed by atoms with van der Waals surface area (Å²) in [5.74, 6) is -0.348. The van der Waals surface area contributed by atoms with Crippen LogP contribution in [-0.4, -0.2) is 17.9 Å². The van der Waals surface area contributed by atoms with Crippen LogP contribution in [0, 0.1) is 5.92 Å². The fraction of sp³-hybridized carbons (Fsp3) is 0.778. The van der Waals surface area contributed by atoms with Crippen molar-refractivity contribution in [1.29, 1.82) is 0 Å². The number of hydrogen-bond acceptors (Lipinski definition) is 2. The number of primary amides is 1. The molecular formula is C9H16N2O2. The van der Waals surface area contributed by atoms with Crippen molar-refractivity contribution >= 4 is 11.8 Å². The summed E-state index contributed by atoms with van der Waals surface area (Å²) >= 11 is 0. The maximum Gasteiger partial charge on any atom is 0.240 e. The lowest BCUT2D eigenvalue weighted by Gasteiger charge is -2.20. The molecule has 13 heavy (non-hydrogen) atoms. The molecule has 1 fully saturated rings. The molecule has 1 aliphatic carbocycles. The van der Waals surface area contributed by atoms with E-state index in [1.165, 1.54) is 6.92 Å². The zero-order valence-electron chi connectivity index (χ0n) is 7.88. The van der Waals surface area contributed by atoms with Crippen LogP contribution >= 0.6 is 0 Å². The van der Waals surface area contributed by atoms with Crippen molar-refractivity contribution in [3.05, 3.63) is 0 Å². The predicted molar refractivity (Wildman–Crippen MR) is 48.8 cm³/mol. The minimum absolute atomic E-state index is 0.185. The Morgan fingerprint density at radius 1 is 1.38 bits per heavy atom. The third-order valence-corrected chi connectivity index (χ3v) is 2.54. The molecule has 1 atom stereocenters. The van der Waals surface area contributed by atoms with Crippen molar-refractivity contribution < 1.29 is 9.59 Å². The average Bonchev–Trinajstić information content (AvgIpc) is 2.50. The van der Waals surface area contributed by atoms with E-state index in [1.807, 2.05) is 0 Å². The summed E-state index contributed by atoms with van der Waals surface area (Å²) in [6, 6.07) is -0.458. The standard InChI is InChI=1S/C9H16N2O2/c1-6(12)11-8(9(10)13)7-4-2-3-5-7/h7-8H,2-5H2,1H3,(H2,10,13)(H,11,12)/t8-/m0/s1. The summed E-state index contributed by atoms with van der Waals surface area (Å²) in [5, 5.41) is 2.61. The Kier molecular flexibility index (Phi) is 3.28. The fourth-order valence-corrected chi connectivity index (χ4v) is 1.93. The normalized spacial score (nSPS) is 19.8. The van der Waals surface area contributed by atoms with E-state index in [9.17, 15) is 9.59 Å². The van der Waals surface area contributed by atoms with E-state index < -0.39 is 11.9 Å². The van der Waals surface area contributed by atoms with Gasteiger partial charge >= 0.3 is 0 Å². The molecule has 0 aromatic rings. The van der Waals surface area contributed by atoms with Gasteiger partial charge < -0.3 is 11.1 Å². The van der Waals surface area contributed by atoms with Gasteiger partial charge in [-0.2, -0.15) is 0 Å². The summed E-state index contributed by atoms with van der Waals surface area (Å²) in [6.07, 6.45) is 4.25. The SMILES string of the molecule is CC(=O)N[C@H](C(N)=O)C1CCCC1. The van der Waals surface area contributed by atoms with Crippen molar-refractivity contribution in [2.75, 3.05) is 0 Å². The summed E-state index contributed by atoms with van der Waals surface area (Å²) in [5.41, 5.74) is 5.21. The van der Waals surface area contributed by atoms with Crippen LogP contribution in [0.25, 0.3) is 0 Å². The molecule has 0 unspecified atom stereocenters.